The lowest BCUT2D eigenvalue weighted by Crippen LogP contribution is -2.00. The van der Waals surface area contributed by atoms with Crippen molar-refractivity contribution in [2.45, 2.75) is 23.6 Å². The van der Waals surface area contributed by atoms with Gasteiger partial charge < -0.3 is 11.5 Å². The number of hydrogen-bond donors (Lipinski definition) is 2. The first-order valence-electron chi connectivity index (χ1n) is 6.16. The van der Waals surface area contributed by atoms with Crippen molar-refractivity contribution in [3.63, 3.8) is 0 Å². The molecule has 2 rings (SSSR count). The topological polar surface area (TPSA) is 146 Å². The molecule has 0 aliphatic rings. The monoisotopic (exact) mass is 412 g/mol. The van der Waals surface area contributed by atoms with Gasteiger partial charge in [0.05, 0.1) is 0 Å². The molecule has 0 atom stereocenters. The van der Waals surface area contributed by atoms with Gasteiger partial charge in [-0.25, -0.2) is 26.8 Å². The number of aryl methyl sites for hydroxylation is 2. The standard InChI is InChI=1S/2C6H7ClN2O2S/c2*1-4-2-5(12(7,10)11)6(8)9-3-4/h2*2-3H,1H3,(H2,8,9). The van der Waals surface area contributed by atoms with Crippen LogP contribution < -0.4 is 11.5 Å². The van der Waals surface area contributed by atoms with Crippen LogP contribution in [0.1, 0.15) is 11.1 Å². The van der Waals surface area contributed by atoms with Crippen molar-refractivity contribution in [2.24, 2.45) is 0 Å². The molecule has 0 unspecified atom stereocenters. The van der Waals surface area contributed by atoms with Crippen molar-refractivity contribution in [1.82, 2.24) is 9.97 Å². The number of pyridine rings is 2. The minimum Gasteiger partial charge on any atom is -0.383 e. The fourth-order valence-electron chi connectivity index (χ4n) is 1.50. The van der Waals surface area contributed by atoms with Gasteiger partial charge in [0.15, 0.2) is 0 Å². The van der Waals surface area contributed by atoms with Crippen LogP contribution in [-0.4, -0.2) is 26.8 Å². The molecule has 0 aliphatic carbocycles. The van der Waals surface area contributed by atoms with E-state index in [1.165, 1.54) is 24.5 Å². The minimum absolute atomic E-state index is 0.0735. The van der Waals surface area contributed by atoms with Crippen LogP contribution in [0.4, 0.5) is 11.6 Å². The number of hydrogen-bond acceptors (Lipinski definition) is 8. The molecule has 0 fully saturated rings. The van der Waals surface area contributed by atoms with Gasteiger partial charge in [-0.05, 0) is 37.1 Å². The lowest BCUT2D eigenvalue weighted by Gasteiger charge is -2.00. The van der Waals surface area contributed by atoms with Gasteiger partial charge in [-0.1, -0.05) is 0 Å². The highest BCUT2D eigenvalue weighted by molar-refractivity contribution is 8.14. The molecule has 0 saturated carbocycles. The molecule has 4 N–H and O–H groups in total. The number of aromatic nitrogens is 2. The zero-order valence-electron chi connectivity index (χ0n) is 12.6. The van der Waals surface area contributed by atoms with Crippen LogP contribution in [0.5, 0.6) is 0 Å². The van der Waals surface area contributed by atoms with E-state index in [9.17, 15) is 16.8 Å². The van der Waals surface area contributed by atoms with Crippen molar-refractivity contribution in [1.29, 1.82) is 0 Å². The Hall–Kier alpha value is -1.62. The Kier molecular flexibility index (Phi) is 6.39. The fraction of sp³-hybridized carbons (Fsp3) is 0.167. The van der Waals surface area contributed by atoms with Crippen molar-refractivity contribution < 1.29 is 16.8 Å². The molecule has 0 spiro atoms. The molecule has 24 heavy (non-hydrogen) atoms. The van der Waals surface area contributed by atoms with E-state index in [4.69, 9.17) is 32.8 Å². The normalized spacial score (nSPS) is 11.5. The van der Waals surface area contributed by atoms with E-state index in [2.05, 4.69) is 9.97 Å². The van der Waals surface area contributed by atoms with Crippen LogP contribution in [0.2, 0.25) is 0 Å². The third-order valence-corrected chi connectivity index (χ3v) is 5.26. The van der Waals surface area contributed by atoms with Gasteiger partial charge in [-0.15, -0.1) is 0 Å². The molecule has 132 valence electrons. The molecule has 0 bridgehead atoms. The second kappa shape index (κ2) is 7.51. The molecule has 0 radical (unpaired) electrons. The molecule has 2 aromatic rings. The van der Waals surface area contributed by atoms with Gasteiger partial charge in [0, 0.05) is 33.8 Å². The summed E-state index contributed by atoms with van der Waals surface area (Å²) in [4.78, 5) is 7.05. The average molecular weight is 413 g/mol. The maximum Gasteiger partial charge on any atom is 0.264 e. The molecule has 0 saturated heterocycles. The molecule has 0 aliphatic heterocycles. The summed E-state index contributed by atoms with van der Waals surface area (Å²) in [5.74, 6) is -0.147. The molecule has 0 aromatic carbocycles. The van der Waals surface area contributed by atoms with E-state index >= 15 is 0 Å². The third-order valence-electron chi connectivity index (χ3n) is 2.56. The number of halogens is 2. The summed E-state index contributed by atoms with van der Waals surface area (Å²) in [6.45, 7) is 3.41. The zero-order valence-corrected chi connectivity index (χ0v) is 15.7. The summed E-state index contributed by atoms with van der Waals surface area (Å²) in [6, 6.07) is 2.76. The Morgan fingerprint density at radius 1 is 0.792 bits per heavy atom. The van der Waals surface area contributed by atoms with E-state index in [1.807, 2.05) is 0 Å². The van der Waals surface area contributed by atoms with E-state index in [0.717, 1.165) is 0 Å². The molecule has 12 heteroatoms. The Balaban J connectivity index is 0.000000240. The number of rotatable bonds is 2. The van der Waals surface area contributed by atoms with Crippen molar-refractivity contribution >= 4 is 51.1 Å². The van der Waals surface area contributed by atoms with E-state index < -0.39 is 18.1 Å². The van der Waals surface area contributed by atoms with Gasteiger partial charge in [-0.3, -0.25) is 0 Å². The fourth-order valence-corrected chi connectivity index (χ4v) is 3.50. The minimum atomic E-state index is -3.77. The van der Waals surface area contributed by atoms with Gasteiger partial charge in [0.25, 0.3) is 18.1 Å². The number of nitrogens with zero attached hydrogens (tertiary/aromatic N) is 2. The van der Waals surface area contributed by atoms with Gasteiger partial charge in [0.1, 0.15) is 21.4 Å². The Morgan fingerprint density at radius 2 is 1.08 bits per heavy atom. The lowest BCUT2D eigenvalue weighted by atomic mass is 10.3. The third kappa shape index (κ3) is 5.78. The van der Waals surface area contributed by atoms with Crippen LogP contribution in [-0.2, 0) is 18.1 Å². The Morgan fingerprint density at radius 3 is 1.29 bits per heavy atom. The quantitative estimate of drug-likeness (QED) is 0.709. The highest BCUT2D eigenvalue weighted by atomic mass is 35.7. The summed E-state index contributed by atoms with van der Waals surface area (Å²) in [6.07, 6.45) is 2.95. The summed E-state index contributed by atoms with van der Waals surface area (Å²) in [5, 5.41) is 0. The maximum atomic E-state index is 10.9. The number of nitrogens with two attached hydrogens (primary N) is 2. The van der Waals surface area contributed by atoms with E-state index in [-0.39, 0.29) is 21.4 Å². The SMILES string of the molecule is Cc1cnc(N)c(S(=O)(=O)Cl)c1.Cc1cnc(N)c(S(=O)(=O)Cl)c1. The molecular formula is C12H14Cl2N4O4S2. The highest BCUT2D eigenvalue weighted by Gasteiger charge is 2.15. The molecular weight excluding hydrogens is 399 g/mol. The first kappa shape index (κ1) is 20.4. The number of nitrogen functional groups attached to an aromatic ring is 2. The average Bonchev–Trinajstić information content (AvgIpc) is 2.42. The smallest absolute Gasteiger partial charge is 0.264 e. The van der Waals surface area contributed by atoms with Gasteiger partial charge in [0.2, 0.25) is 0 Å². The lowest BCUT2D eigenvalue weighted by molar-refractivity contribution is 0.608. The first-order valence-corrected chi connectivity index (χ1v) is 10.8. The molecule has 2 aromatic heterocycles. The second-order valence-electron chi connectivity index (χ2n) is 4.67. The van der Waals surface area contributed by atoms with Gasteiger partial charge >= 0.3 is 0 Å². The van der Waals surface area contributed by atoms with Gasteiger partial charge in [-0.2, -0.15) is 0 Å². The van der Waals surface area contributed by atoms with Crippen LogP contribution in [0, 0.1) is 13.8 Å². The summed E-state index contributed by atoms with van der Waals surface area (Å²) < 4.78 is 43.4. The van der Waals surface area contributed by atoms with Crippen LogP contribution >= 0.6 is 21.4 Å². The predicted octanol–water partition coefficient (Wildman–Crippen LogP) is 1.80. The summed E-state index contributed by atoms with van der Waals surface area (Å²) in [7, 11) is 2.63. The highest BCUT2D eigenvalue weighted by Crippen LogP contribution is 2.21. The van der Waals surface area contributed by atoms with Crippen LogP contribution in [0.3, 0.4) is 0 Å². The van der Waals surface area contributed by atoms with Crippen molar-refractivity contribution in [3.05, 3.63) is 35.7 Å². The Bertz CT molecular complexity index is 884. The zero-order chi connectivity index (χ0) is 18.7. The first-order chi connectivity index (χ1) is 10.8. The maximum absolute atomic E-state index is 10.9. The van der Waals surface area contributed by atoms with E-state index in [1.54, 1.807) is 13.8 Å². The summed E-state index contributed by atoms with van der Waals surface area (Å²) in [5.41, 5.74) is 12.0. The number of anilines is 2. The van der Waals surface area contributed by atoms with Crippen molar-refractivity contribution in [3.8, 4) is 0 Å². The largest absolute Gasteiger partial charge is 0.383 e. The van der Waals surface area contributed by atoms with Crippen LogP contribution in [0.15, 0.2) is 34.3 Å². The van der Waals surface area contributed by atoms with E-state index in [0.29, 0.717) is 11.1 Å². The predicted molar refractivity (Wildman–Crippen MR) is 92.9 cm³/mol. The van der Waals surface area contributed by atoms with Crippen LogP contribution in [0.25, 0.3) is 0 Å². The molecule has 0 amide bonds. The molecule has 8 nitrogen and oxygen atoms in total. The van der Waals surface area contributed by atoms with Crippen molar-refractivity contribution in [2.75, 3.05) is 11.5 Å². The second-order valence-corrected chi connectivity index (χ2v) is 9.74. The summed E-state index contributed by atoms with van der Waals surface area (Å²) >= 11 is 0. The Labute approximate surface area is 148 Å². The molecule has 2 heterocycles.